The topological polar surface area (TPSA) is 102 Å². The van der Waals surface area contributed by atoms with Gasteiger partial charge in [0.25, 0.3) is 0 Å². The van der Waals surface area contributed by atoms with Gasteiger partial charge in [0.15, 0.2) is 0 Å². The number of primary sulfonamides is 1. The van der Waals surface area contributed by atoms with Gasteiger partial charge in [0.05, 0.1) is 23.1 Å². The average Bonchev–Trinajstić information content (AvgIpc) is 3.57. The van der Waals surface area contributed by atoms with Gasteiger partial charge in [-0.3, -0.25) is 0 Å². The van der Waals surface area contributed by atoms with Crippen molar-refractivity contribution in [2.75, 3.05) is 13.2 Å². The Morgan fingerprint density at radius 3 is 2.42 bits per heavy atom. The first kappa shape index (κ1) is 23.5. The summed E-state index contributed by atoms with van der Waals surface area (Å²) < 4.78 is 29.4. The van der Waals surface area contributed by atoms with Gasteiger partial charge in [-0.2, -0.15) is 0 Å². The molecule has 3 N–H and O–H groups in total. The molecule has 0 saturated heterocycles. The van der Waals surface area contributed by atoms with E-state index in [0.29, 0.717) is 24.5 Å². The molecule has 2 aromatic rings. The quantitative estimate of drug-likeness (QED) is 0.546. The number of benzene rings is 2. The summed E-state index contributed by atoms with van der Waals surface area (Å²) in [5.74, 6) is 0.167. The summed E-state index contributed by atoms with van der Waals surface area (Å²) in [5.41, 5.74) is 7.68. The molecule has 8 heteroatoms. The van der Waals surface area contributed by atoms with Crippen LogP contribution in [0.3, 0.4) is 0 Å². The van der Waals surface area contributed by atoms with Crippen molar-refractivity contribution in [1.82, 2.24) is 10.4 Å². The first-order chi connectivity index (χ1) is 15.8. The summed E-state index contributed by atoms with van der Waals surface area (Å²) >= 11 is 0. The fraction of sp³-hybridized carbons (Fsp3) is 0.400. The van der Waals surface area contributed by atoms with E-state index in [1.54, 1.807) is 18.2 Å². The van der Waals surface area contributed by atoms with E-state index in [9.17, 15) is 13.2 Å². The number of ether oxygens (including phenoxy) is 1. The Morgan fingerprint density at radius 1 is 1.12 bits per heavy atom. The van der Waals surface area contributed by atoms with Crippen molar-refractivity contribution in [3.05, 3.63) is 65.4 Å². The summed E-state index contributed by atoms with van der Waals surface area (Å²) in [6, 6.07) is 14.4. The van der Waals surface area contributed by atoms with Gasteiger partial charge >= 0.3 is 5.97 Å². The fourth-order valence-corrected chi connectivity index (χ4v) is 5.19. The SMILES string of the molecule is CCCN1NC(C2CC2)=C(C(=O)OCC)C1Cc1ccc(-c2ccccc2S(N)(=O)=O)cc1. The second kappa shape index (κ2) is 9.67. The summed E-state index contributed by atoms with van der Waals surface area (Å²) in [6.45, 7) is 5.12. The fourth-order valence-electron chi connectivity index (χ4n) is 4.43. The van der Waals surface area contributed by atoms with Crippen LogP contribution in [0.4, 0.5) is 0 Å². The minimum Gasteiger partial charge on any atom is -0.463 e. The molecule has 1 atom stereocenters. The number of hydrazine groups is 1. The Morgan fingerprint density at radius 2 is 1.82 bits per heavy atom. The number of hydrogen-bond acceptors (Lipinski definition) is 6. The maximum atomic E-state index is 12.9. The third-order valence-corrected chi connectivity index (χ3v) is 7.07. The van der Waals surface area contributed by atoms with Gasteiger partial charge in [-0.25, -0.2) is 23.4 Å². The number of carbonyl (C=O) groups excluding carboxylic acids is 1. The minimum atomic E-state index is -3.83. The minimum absolute atomic E-state index is 0.105. The van der Waals surface area contributed by atoms with Crippen LogP contribution in [0.25, 0.3) is 11.1 Å². The van der Waals surface area contributed by atoms with Gasteiger partial charge in [-0.15, -0.1) is 0 Å². The van der Waals surface area contributed by atoms with Crippen LogP contribution in [0, 0.1) is 5.92 Å². The van der Waals surface area contributed by atoms with E-state index in [2.05, 4.69) is 17.4 Å². The average molecular weight is 470 g/mol. The monoisotopic (exact) mass is 469 g/mol. The van der Waals surface area contributed by atoms with E-state index in [1.807, 2.05) is 31.2 Å². The second-order valence-electron chi connectivity index (χ2n) is 8.59. The lowest BCUT2D eigenvalue weighted by molar-refractivity contribution is -0.139. The maximum absolute atomic E-state index is 12.9. The first-order valence-corrected chi connectivity index (χ1v) is 13.0. The molecule has 7 nitrogen and oxygen atoms in total. The molecule has 176 valence electrons. The maximum Gasteiger partial charge on any atom is 0.337 e. The highest BCUT2D eigenvalue weighted by molar-refractivity contribution is 7.89. The van der Waals surface area contributed by atoms with Crippen molar-refractivity contribution in [3.8, 4) is 11.1 Å². The molecule has 1 aliphatic heterocycles. The molecule has 0 amide bonds. The van der Waals surface area contributed by atoms with Gasteiger partial charge < -0.3 is 10.2 Å². The highest BCUT2D eigenvalue weighted by Crippen LogP contribution is 2.41. The molecule has 1 unspecified atom stereocenters. The summed E-state index contributed by atoms with van der Waals surface area (Å²) in [6.07, 6.45) is 3.79. The molecule has 4 rings (SSSR count). The molecule has 2 aliphatic rings. The van der Waals surface area contributed by atoms with Gasteiger partial charge in [0.2, 0.25) is 10.0 Å². The molecular weight excluding hydrogens is 438 g/mol. The van der Waals surface area contributed by atoms with E-state index < -0.39 is 10.0 Å². The van der Waals surface area contributed by atoms with Gasteiger partial charge in [-0.05, 0) is 49.8 Å². The summed E-state index contributed by atoms with van der Waals surface area (Å²) in [5, 5.41) is 7.56. The van der Waals surface area contributed by atoms with Crippen molar-refractivity contribution >= 4 is 16.0 Å². The molecule has 1 fully saturated rings. The van der Waals surface area contributed by atoms with Crippen LogP contribution >= 0.6 is 0 Å². The molecule has 1 saturated carbocycles. The predicted molar refractivity (Wildman–Crippen MR) is 127 cm³/mol. The van der Waals surface area contributed by atoms with E-state index >= 15 is 0 Å². The third-order valence-electron chi connectivity index (χ3n) is 6.10. The lowest BCUT2D eigenvalue weighted by Gasteiger charge is -2.26. The number of hydrogen-bond donors (Lipinski definition) is 2. The Hall–Kier alpha value is -2.68. The number of nitrogens with zero attached hydrogens (tertiary/aromatic N) is 1. The Bertz CT molecular complexity index is 1150. The lowest BCUT2D eigenvalue weighted by Crippen LogP contribution is -2.42. The van der Waals surface area contributed by atoms with Gasteiger partial charge in [-0.1, -0.05) is 49.4 Å². The number of carbonyl (C=O) groups is 1. The summed E-state index contributed by atoms with van der Waals surface area (Å²) in [4.78, 5) is 13.0. The third kappa shape index (κ3) is 5.13. The number of nitrogens with one attached hydrogen (secondary N) is 1. The van der Waals surface area contributed by atoms with E-state index in [0.717, 1.165) is 48.2 Å². The Labute approximate surface area is 195 Å². The number of allylic oxidation sites excluding steroid dienone is 1. The second-order valence-corrected chi connectivity index (χ2v) is 10.1. The van der Waals surface area contributed by atoms with Crippen LogP contribution in [0.2, 0.25) is 0 Å². The van der Waals surface area contributed by atoms with Crippen molar-refractivity contribution < 1.29 is 17.9 Å². The van der Waals surface area contributed by atoms with Crippen LogP contribution in [-0.2, 0) is 26.0 Å². The zero-order chi connectivity index (χ0) is 23.6. The highest BCUT2D eigenvalue weighted by Gasteiger charge is 2.42. The zero-order valence-electron chi connectivity index (χ0n) is 19.1. The van der Waals surface area contributed by atoms with Crippen molar-refractivity contribution in [1.29, 1.82) is 0 Å². The van der Waals surface area contributed by atoms with Crippen molar-refractivity contribution in [2.45, 2.75) is 50.5 Å². The number of nitrogens with two attached hydrogens (primary N) is 1. The van der Waals surface area contributed by atoms with Crippen molar-refractivity contribution in [3.63, 3.8) is 0 Å². The van der Waals surface area contributed by atoms with E-state index in [-0.39, 0.29) is 16.9 Å². The van der Waals surface area contributed by atoms with E-state index in [1.165, 1.54) is 6.07 Å². The van der Waals surface area contributed by atoms with Gasteiger partial charge in [0, 0.05) is 23.7 Å². The molecule has 0 bridgehead atoms. The van der Waals surface area contributed by atoms with Crippen LogP contribution in [0.1, 0.15) is 38.7 Å². The van der Waals surface area contributed by atoms with Crippen molar-refractivity contribution in [2.24, 2.45) is 11.1 Å². The largest absolute Gasteiger partial charge is 0.463 e. The lowest BCUT2D eigenvalue weighted by atomic mass is 9.95. The zero-order valence-corrected chi connectivity index (χ0v) is 19.9. The van der Waals surface area contributed by atoms with E-state index in [4.69, 9.17) is 9.88 Å². The smallest absolute Gasteiger partial charge is 0.337 e. The standard InChI is InChI=1S/C25H31N3O4S/c1-3-15-28-21(23(25(29)32-4-2)24(27-28)19-13-14-19)16-17-9-11-18(12-10-17)20-7-5-6-8-22(20)33(26,30)31/h5-12,19,21,27H,3-4,13-16H2,1-2H3,(H2,26,30,31). The molecule has 2 aromatic carbocycles. The molecule has 1 heterocycles. The number of esters is 1. The Kier molecular flexibility index (Phi) is 6.88. The summed E-state index contributed by atoms with van der Waals surface area (Å²) in [7, 11) is -3.83. The molecule has 1 aliphatic carbocycles. The predicted octanol–water partition coefficient (Wildman–Crippen LogP) is 3.37. The molecule has 33 heavy (non-hydrogen) atoms. The normalized spacial score (nSPS) is 18.9. The molecule has 0 spiro atoms. The van der Waals surface area contributed by atoms with Crippen LogP contribution < -0.4 is 10.6 Å². The Balaban J connectivity index is 1.63. The molecular formula is C25H31N3O4S. The first-order valence-electron chi connectivity index (χ1n) is 11.5. The van der Waals surface area contributed by atoms with Crippen LogP contribution in [0.15, 0.2) is 64.7 Å². The van der Waals surface area contributed by atoms with Crippen LogP contribution in [-0.4, -0.2) is 38.6 Å². The number of sulfonamides is 1. The van der Waals surface area contributed by atoms with Gasteiger partial charge in [0.1, 0.15) is 0 Å². The number of rotatable bonds is 9. The highest BCUT2D eigenvalue weighted by atomic mass is 32.2. The van der Waals surface area contributed by atoms with Crippen LogP contribution in [0.5, 0.6) is 0 Å². The molecule has 0 aromatic heterocycles. The molecule has 0 radical (unpaired) electrons.